The molecule has 0 aliphatic carbocycles. The number of nitrogens with zero attached hydrogens (tertiary/aromatic N) is 6. The topological polar surface area (TPSA) is 127 Å². The van der Waals surface area contributed by atoms with Crippen LogP contribution in [0.5, 0.6) is 0 Å². The molecule has 168 valence electrons. The number of esters is 1. The number of carbonyl (C=O) groups is 1. The fourth-order valence-electron chi connectivity index (χ4n) is 3.33. The summed E-state index contributed by atoms with van der Waals surface area (Å²) in [5.41, 5.74) is 1.31. The Hall–Kier alpha value is -4.02. The van der Waals surface area contributed by atoms with E-state index in [1.165, 1.54) is 16.5 Å². The molecule has 0 aliphatic heterocycles. The van der Waals surface area contributed by atoms with Crippen molar-refractivity contribution in [1.82, 2.24) is 19.6 Å². The van der Waals surface area contributed by atoms with Crippen LogP contribution in [0.1, 0.15) is 41.3 Å². The van der Waals surface area contributed by atoms with Crippen LogP contribution in [0.4, 0.5) is 11.5 Å². The highest BCUT2D eigenvalue weighted by molar-refractivity contribution is 6.01. The van der Waals surface area contributed by atoms with E-state index in [9.17, 15) is 14.9 Å². The van der Waals surface area contributed by atoms with Gasteiger partial charge in [0.05, 0.1) is 30.0 Å². The first kappa shape index (κ1) is 22.7. The lowest BCUT2D eigenvalue weighted by molar-refractivity contribution is -0.385. The minimum absolute atomic E-state index is 0.0678. The lowest BCUT2D eigenvalue weighted by atomic mass is 10.2. The van der Waals surface area contributed by atoms with Gasteiger partial charge < -0.3 is 9.47 Å². The third-order valence-corrected chi connectivity index (χ3v) is 4.70. The molecule has 0 fully saturated rings. The number of hydrogen-bond acceptors (Lipinski definition) is 8. The number of benzene rings is 1. The highest BCUT2D eigenvalue weighted by atomic mass is 16.6. The van der Waals surface area contributed by atoms with Gasteiger partial charge in [-0.05, 0) is 39.8 Å². The van der Waals surface area contributed by atoms with Crippen molar-refractivity contribution in [2.45, 2.75) is 34.2 Å². The van der Waals surface area contributed by atoms with E-state index in [-0.39, 0.29) is 41.0 Å². The van der Waals surface area contributed by atoms with Crippen molar-refractivity contribution in [3.05, 3.63) is 63.1 Å². The SMILES string of the molecule is CCOC(=O)c1c(C)nn(-c2ccccc2)c1/N=C(/OC)c1c([N+](=O)[O-])c(C)nn1CC. The van der Waals surface area contributed by atoms with E-state index in [4.69, 9.17) is 9.47 Å². The molecule has 0 aliphatic rings. The Morgan fingerprint density at radius 3 is 2.41 bits per heavy atom. The van der Waals surface area contributed by atoms with E-state index < -0.39 is 10.9 Å². The summed E-state index contributed by atoms with van der Waals surface area (Å²) in [6.07, 6.45) is 0. The summed E-state index contributed by atoms with van der Waals surface area (Å²) in [7, 11) is 1.35. The molecular weight excluding hydrogens is 416 g/mol. The van der Waals surface area contributed by atoms with E-state index in [0.29, 0.717) is 17.9 Å². The first-order chi connectivity index (χ1) is 15.3. The number of ether oxygens (including phenoxy) is 2. The third-order valence-electron chi connectivity index (χ3n) is 4.70. The van der Waals surface area contributed by atoms with E-state index in [1.807, 2.05) is 18.2 Å². The molecule has 3 aromatic rings. The zero-order chi connectivity index (χ0) is 23.4. The summed E-state index contributed by atoms with van der Waals surface area (Å²) in [5.74, 6) is -0.530. The van der Waals surface area contributed by atoms with Crippen molar-refractivity contribution >= 4 is 23.4 Å². The molecule has 0 saturated carbocycles. The van der Waals surface area contributed by atoms with Crippen LogP contribution in [0.2, 0.25) is 0 Å². The van der Waals surface area contributed by atoms with Crippen LogP contribution in [-0.2, 0) is 16.0 Å². The Morgan fingerprint density at radius 1 is 1.16 bits per heavy atom. The number of nitro groups is 1. The standard InChI is InChI=1S/C21H24N6O5/c1-6-25-18(17(27(29)30)14(4)23-25)20(31-5)22-19-16(21(28)32-7-2)13(3)24-26(19)15-11-9-8-10-12-15/h8-12H,6-7H2,1-5H3/b22-20+. The Kier molecular flexibility index (Phi) is 6.67. The first-order valence-electron chi connectivity index (χ1n) is 10.0. The fourth-order valence-corrected chi connectivity index (χ4v) is 3.33. The van der Waals surface area contributed by atoms with Gasteiger partial charge in [0.2, 0.25) is 11.6 Å². The zero-order valence-electron chi connectivity index (χ0n) is 18.5. The van der Waals surface area contributed by atoms with Gasteiger partial charge in [0.25, 0.3) is 0 Å². The van der Waals surface area contributed by atoms with Gasteiger partial charge in [0, 0.05) is 6.54 Å². The Bertz CT molecular complexity index is 1180. The van der Waals surface area contributed by atoms with E-state index >= 15 is 0 Å². The summed E-state index contributed by atoms with van der Waals surface area (Å²) in [4.78, 5) is 28.5. The Labute approximate surface area is 184 Å². The average Bonchev–Trinajstić information content (AvgIpc) is 3.28. The van der Waals surface area contributed by atoms with E-state index in [2.05, 4.69) is 15.2 Å². The molecule has 0 atom stereocenters. The van der Waals surface area contributed by atoms with Gasteiger partial charge in [-0.3, -0.25) is 14.8 Å². The molecule has 0 spiro atoms. The quantitative estimate of drug-likeness (QED) is 0.181. The summed E-state index contributed by atoms with van der Waals surface area (Å²) in [6.45, 7) is 7.24. The predicted octanol–water partition coefficient (Wildman–Crippen LogP) is 3.52. The van der Waals surface area contributed by atoms with Crippen molar-refractivity contribution in [1.29, 1.82) is 0 Å². The minimum atomic E-state index is -0.601. The molecule has 0 amide bonds. The van der Waals surface area contributed by atoms with E-state index in [0.717, 1.165) is 0 Å². The van der Waals surface area contributed by atoms with Crippen LogP contribution < -0.4 is 0 Å². The van der Waals surface area contributed by atoms with Gasteiger partial charge in [-0.15, -0.1) is 0 Å². The summed E-state index contributed by atoms with van der Waals surface area (Å²) < 4.78 is 13.6. The van der Waals surface area contributed by atoms with Crippen molar-refractivity contribution in [2.24, 2.45) is 4.99 Å². The largest absolute Gasteiger partial charge is 0.479 e. The second kappa shape index (κ2) is 9.41. The smallest absolute Gasteiger partial charge is 0.343 e. The van der Waals surface area contributed by atoms with Gasteiger partial charge in [-0.2, -0.15) is 15.2 Å². The zero-order valence-corrected chi connectivity index (χ0v) is 18.5. The molecule has 11 heteroatoms. The number of aromatic nitrogens is 4. The molecule has 3 rings (SSSR count). The van der Waals surface area contributed by atoms with Gasteiger partial charge in [-0.1, -0.05) is 18.2 Å². The van der Waals surface area contributed by atoms with Crippen LogP contribution in [0, 0.1) is 24.0 Å². The number of aryl methyl sites for hydroxylation is 3. The van der Waals surface area contributed by atoms with Gasteiger partial charge in [-0.25, -0.2) is 9.48 Å². The summed E-state index contributed by atoms with van der Waals surface area (Å²) >= 11 is 0. The molecule has 11 nitrogen and oxygen atoms in total. The van der Waals surface area contributed by atoms with Gasteiger partial charge in [0.1, 0.15) is 11.3 Å². The lowest BCUT2D eigenvalue weighted by Gasteiger charge is -2.10. The Morgan fingerprint density at radius 2 is 1.84 bits per heavy atom. The summed E-state index contributed by atoms with van der Waals surface area (Å²) in [5, 5.41) is 20.4. The first-order valence-corrected chi connectivity index (χ1v) is 10.0. The Balaban J connectivity index is 2.33. The van der Waals surface area contributed by atoms with E-state index in [1.54, 1.807) is 39.8 Å². The van der Waals surface area contributed by atoms with Crippen molar-refractivity contribution in [3.63, 3.8) is 0 Å². The molecule has 0 bridgehead atoms. The molecule has 0 saturated heterocycles. The minimum Gasteiger partial charge on any atom is -0.479 e. The molecule has 1 aromatic carbocycles. The molecule has 32 heavy (non-hydrogen) atoms. The van der Waals surface area contributed by atoms with Crippen LogP contribution in [0.3, 0.4) is 0 Å². The molecule has 0 N–H and O–H groups in total. The lowest BCUT2D eigenvalue weighted by Crippen LogP contribution is -2.14. The molecule has 0 radical (unpaired) electrons. The number of methoxy groups -OCH3 is 1. The number of hydrogen-bond donors (Lipinski definition) is 0. The van der Waals surface area contributed by atoms with Crippen LogP contribution >= 0.6 is 0 Å². The van der Waals surface area contributed by atoms with Crippen molar-refractivity contribution < 1.29 is 19.2 Å². The molecular formula is C21H24N6O5. The normalized spacial score (nSPS) is 11.5. The molecule has 2 heterocycles. The fraction of sp³-hybridized carbons (Fsp3) is 0.333. The van der Waals surface area contributed by atoms with Crippen LogP contribution in [0.15, 0.2) is 35.3 Å². The van der Waals surface area contributed by atoms with Crippen molar-refractivity contribution in [3.8, 4) is 5.69 Å². The third kappa shape index (κ3) is 4.09. The number of rotatable bonds is 7. The number of aliphatic imine (C=N–C) groups is 1. The molecule has 2 aromatic heterocycles. The maximum Gasteiger partial charge on any atom is 0.343 e. The van der Waals surface area contributed by atoms with Crippen LogP contribution in [-0.4, -0.2) is 50.1 Å². The molecule has 0 unspecified atom stereocenters. The highest BCUT2D eigenvalue weighted by Crippen LogP contribution is 2.30. The summed E-state index contributed by atoms with van der Waals surface area (Å²) in [6, 6.07) is 9.09. The number of carbonyl (C=O) groups excluding carboxylic acids is 1. The predicted molar refractivity (Wildman–Crippen MR) is 117 cm³/mol. The van der Waals surface area contributed by atoms with Gasteiger partial charge >= 0.3 is 11.7 Å². The van der Waals surface area contributed by atoms with Gasteiger partial charge in [0.15, 0.2) is 5.82 Å². The number of para-hydroxylation sites is 1. The van der Waals surface area contributed by atoms with Crippen LogP contribution in [0.25, 0.3) is 5.69 Å². The average molecular weight is 440 g/mol. The second-order valence-electron chi connectivity index (χ2n) is 6.73. The maximum absolute atomic E-state index is 12.7. The van der Waals surface area contributed by atoms with Crippen molar-refractivity contribution in [2.75, 3.05) is 13.7 Å². The monoisotopic (exact) mass is 440 g/mol. The maximum atomic E-state index is 12.7. The second-order valence-corrected chi connectivity index (χ2v) is 6.73. The highest BCUT2D eigenvalue weighted by Gasteiger charge is 2.31.